The van der Waals surface area contributed by atoms with Gasteiger partial charge < -0.3 is 19.3 Å². The summed E-state index contributed by atoms with van der Waals surface area (Å²) in [6, 6.07) is 7.34. The number of aliphatic carboxylic acids is 1. The summed E-state index contributed by atoms with van der Waals surface area (Å²) in [5, 5.41) is 9.07. The number of carbonyl (C=O) groups is 2. The molecule has 1 aromatic rings. The minimum atomic E-state index is -0.931. The lowest BCUT2D eigenvalue weighted by atomic mass is 9.79. The van der Waals surface area contributed by atoms with Crippen LogP contribution in [0, 0.1) is 5.92 Å². The van der Waals surface area contributed by atoms with Crippen LogP contribution in [-0.2, 0) is 18.9 Å². The number of carbonyl (C=O) groups excluding carboxylic acids is 1. The van der Waals surface area contributed by atoms with Crippen LogP contribution in [0.3, 0.4) is 0 Å². The number of carboxylic acids is 1. The maximum Gasteiger partial charge on any atom is 0.494 e. The third-order valence-electron chi connectivity index (χ3n) is 5.20. The lowest BCUT2D eigenvalue weighted by Gasteiger charge is -2.32. The molecule has 24 heavy (non-hydrogen) atoms. The van der Waals surface area contributed by atoms with Gasteiger partial charge in [-0.3, -0.25) is 9.59 Å². The Morgan fingerprint density at radius 2 is 1.71 bits per heavy atom. The first-order valence-corrected chi connectivity index (χ1v) is 8.09. The second kappa shape index (κ2) is 5.60. The SMILES string of the molecule is CC1(C)OB(c2ccc(N3C[C@H](C(=O)O)CC3=O)cc2)OC1(C)C. The van der Waals surface area contributed by atoms with Crippen molar-refractivity contribution in [2.24, 2.45) is 5.92 Å². The molecule has 1 aromatic carbocycles. The molecule has 1 amide bonds. The molecule has 2 heterocycles. The molecule has 0 bridgehead atoms. The number of rotatable bonds is 3. The summed E-state index contributed by atoms with van der Waals surface area (Å²) in [7, 11) is -0.454. The van der Waals surface area contributed by atoms with Crippen LogP contribution in [0.15, 0.2) is 24.3 Å². The van der Waals surface area contributed by atoms with Crippen LogP contribution in [0.5, 0.6) is 0 Å². The number of amides is 1. The van der Waals surface area contributed by atoms with Crippen LogP contribution in [-0.4, -0.2) is 41.8 Å². The van der Waals surface area contributed by atoms with Gasteiger partial charge in [0.2, 0.25) is 5.91 Å². The van der Waals surface area contributed by atoms with E-state index in [1.807, 2.05) is 52.0 Å². The van der Waals surface area contributed by atoms with Crippen LogP contribution in [0.2, 0.25) is 0 Å². The maximum absolute atomic E-state index is 12.0. The normalized spacial score (nSPS) is 25.3. The van der Waals surface area contributed by atoms with Gasteiger partial charge in [0.15, 0.2) is 0 Å². The second-order valence-corrected chi connectivity index (χ2v) is 7.42. The summed E-state index contributed by atoms with van der Waals surface area (Å²) in [4.78, 5) is 24.6. The molecule has 0 unspecified atom stereocenters. The van der Waals surface area contributed by atoms with Crippen molar-refractivity contribution >= 4 is 30.1 Å². The quantitative estimate of drug-likeness (QED) is 0.848. The van der Waals surface area contributed by atoms with Crippen molar-refractivity contribution in [3.05, 3.63) is 24.3 Å². The molecule has 2 fully saturated rings. The molecular weight excluding hydrogens is 309 g/mol. The maximum atomic E-state index is 12.0. The van der Waals surface area contributed by atoms with Gasteiger partial charge in [-0.25, -0.2) is 0 Å². The fourth-order valence-corrected chi connectivity index (χ4v) is 2.91. The van der Waals surface area contributed by atoms with Gasteiger partial charge in [-0.05, 0) is 45.3 Å². The Morgan fingerprint density at radius 3 is 2.17 bits per heavy atom. The number of anilines is 1. The molecular formula is C17H22BNO5. The van der Waals surface area contributed by atoms with Crippen molar-refractivity contribution in [2.75, 3.05) is 11.4 Å². The van der Waals surface area contributed by atoms with Crippen molar-refractivity contribution in [3.63, 3.8) is 0 Å². The van der Waals surface area contributed by atoms with Gasteiger partial charge in [-0.1, -0.05) is 12.1 Å². The van der Waals surface area contributed by atoms with E-state index in [-0.39, 0.29) is 18.9 Å². The van der Waals surface area contributed by atoms with Gasteiger partial charge in [0.05, 0.1) is 17.1 Å². The fraction of sp³-hybridized carbons (Fsp3) is 0.529. The molecule has 0 radical (unpaired) electrons. The van der Waals surface area contributed by atoms with Gasteiger partial charge in [-0.15, -0.1) is 0 Å². The molecule has 0 aromatic heterocycles. The Morgan fingerprint density at radius 1 is 1.17 bits per heavy atom. The first-order chi connectivity index (χ1) is 11.1. The van der Waals surface area contributed by atoms with Crippen LogP contribution >= 0.6 is 0 Å². The van der Waals surface area contributed by atoms with Gasteiger partial charge in [0.25, 0.3) is 0 Å². The number of benzene rings is 1. The zero-order chi connectivity index (χ0) is 17.7. The van der Waals surface area contributed by atoms with E-state index in [0.29, 0.717) is 5.69 Å². The monoisotopic (exact) mass is 331 g/mol. The lowest BCUT2D eigenvalue weighted by Crippen LogP contribution is -2.41. The van der Waals surface area contributed by atoms with E-state index in [2.05, 4.69) is 0 Å². The standard InChI is InChI=1S/C17H22BNO5/c1-16(2)17(3,4)24-18(23-16)12-5-7-13(8-6-12)19-10-11(15(21)22)9-14(19)20/h5-8,11H,9-10H2,1-4H3,(H,21,22)/t11-/m1/s1. The molecule has 0 saturated carbocycles. The summed E-state index contributed by atoms with van der Waals surface area (Å²) in [5.74, 6) is -1.73. The predicted molar refractivity (Wildman–Crippen MR) is 90.3 cm³/mol. The van der Waals surface area contributed by atoms with E-state index in [9.17, 15) is 9.59 Å². The van der Waals surface area contributed by atoms with E-state index < -0.39 is 30.2 Å². The van der Waals surface area contributed by atoms with Crippen LogP contribution in [0.4, 0.5) is 5.69 Å². The van der Waals surface area contributed by atoms with E-state index in [1.165, 1.54) is 4.90 Å². The highest BCUT2D eigenvalue weighted by Gasteiger charge is 2.51. The highest BCUT2D eigenvalue weighted by atomic mass is 16.7. The third-order valence-corrected chi connectivity index (χ3v) is 5.20. The van der Waals surface area contributed by atoms with Gasteiger partial charge in [-0.2, -0.15) is 0 Å². The highest BCUT2D eigenvalue weighted by Crippen LogP contribution is 2.36. The molecule has 0 spiro atoms. The summed E-state index contributed by atoms with van der Waals surface area (Å²) >= 11 is 0. The third kappa shape index (κ3) is 2.82. The van der Waals surface area contributed by atoms with E-state index in [0.717, 1.165) is 5.46 Å². The van der Waals surface area contributed by atoms with Crippen LogP contribution in [0.25, 0.3) is 0 Å². The Hall–Kier alpha value is -1.86. The molecule has 1 N–H and O–H groups in total. The molecule has 7 heteroatoms. The second-order valence-electron chi connectivity index (χ2n) is 7.42. The Bertz CT molecular complexity index is 654. The Labute approximate surface area is 141 Å². The summed E-state index contributed by atoms with van der Waals surface area (Å²) in [5.41, 5.74) is 0.759. The average molecular weight is 331 g/mol. The van der Waals surface area contributed by atoms with Crippen LogP contribution < -0.4 is 10.4 Å². The Balaban J connectivity index is 1.75. The summed E-state index contributed by atoms with van der Waals surface area (Å²) < 4.78 is 12.0. The first kappa shape index (κ1) is 17.0. The van der Waals surface area contributed by atoms with Gasteiger partial charge in [0.1, 0.15) is 0 Å². The summed E-state index contributed by atoms with van der Waals surface area (Å²) in [6.07, 6.45) is 0.0499. The highest BCUT2D eigenvalue weighted by molar-refractivity contribution is 6.62. The van der Waals surface area contributed by atoms with E-state index >= 15 is 0 Å². The molecule has 128 valence electrons. The molecule has 2 saturated heterocycles. The van der Waals surface area contributed by atoms with Crippen molar-refractivity contribution in [2.45, 2.75) is 45.3 Å². The average Bonchev–Trinajstić information content (AvgIpc) is 2.97. The molecule has 2 aliphatic rings. The number of hydrogen-bond donors (Lipinski definition) is 1. The van der Waals surface area contributed by atoms with E-state index in [1.54, 1.807) is 0 Å². The largest absolute Gasteiger partial charge is 0.494 e. The van der Waals surface area contributed by atoms with Crippen molar-refractivity contribution in [1.29, 1.82) is 0 Å². The minimum Gasteiger partial charge on any atom is -0.481 e. The molecule has 6 nitrogen and oxygen atoms in total. The molecule has 3 rings (SSSR count). The molecule has 1 atom stereocenters. The number of hydrogen-bond acceptors (Lipinski definition) is 4. The smallest absolute Gasteiger partial charge is 0.481 e. The first-order valence-electron chi connectivity index (χ1n) is 8.09. The summed E-state index contributed by atoms with van der Waals surface area (Å²) in [6.45, 7) is 8.20. The number of nitrogens with zero attached hydrogens (tertiary/aromatic N) is 1. The van der Waals surface area contributed by atoms with E-state index in [4.69, 9.17) is 14.4 Å². The lowest BCUT2D eigenvalue weighted by molar-refractivity contribution is -0.141. The minimum absolute atomic E-state index is 0.0499. The Kier molecular flexibility index (Phi) is 3.96. The molecule has 2 aliphatic heterocycles. The van der Waals surface area contributed by atoms with Crippen molar-refractivity contribution in [3.8, 4) is 0 Å². The van der Waals surface area contributed by atoms with Gasteiger partial charge in [0, 0.05) is 18.7 Å². The fourth-order valence-electron chi connectivity index (χ4n) is 2.91. The molecule has 0 aliphatic carbocycles. The van der Waals surface area contributed by atoms with Gasteiger partial charge >= 0.3 is 13.1 Å². The van der Waals surface area contributed by atoms with Crippen molar-refractivity contribution in [1.82, 2.24) is 0 Å². The zero-order valence-corrected chi connectivity index (χ0v) is 14.4. The topological polar surface area (TPSA) is 76.1 Å². The number of carboxylic acid groups (broad SMARTS) is 1. The zero-order valence-electron chi connectivity index (χ0n) is 14.4. The van der Waals surface area contributed by atoms with Crippen LogP contribution in [0.1, 0.15) is 34.1 Å². The predicted octanol–water partition coefficient (Wildman–Crippen LogP) is 1.42. The van der Waals surface area contributed by atoms with Crippen molar-refractivity contribution < 1.29 is 24.0 Å².